The minimum atomic E-state index is 0.617. The van der Waals surface area contributed by atoms with E-state index in [0.29, 0.717) is 18.5 Å². The van der Waals surface area contributed by atoms with Crippen molar-refractivity contribution in [3.8, 4) is 0 Å². The third kappa shape index (κ3) is 4.71. The van der Waals surface area contributed by atoms with Crippen LogP contribution in [0.4, 0.5) is 0 Å². The van der Waals surface area contributed by atoms with Gasteiger partial charge in [0, 0.05) is 19.6 Å². The molecule has 2 fully saturated rings. The van der Waals surface area contributed by atoms with E-state index in [-0.39, 0.29) is 0 Å². The van der Waals surface area contributed by atoms with E-state index in [4.69, 9.17) is 5.73 Å². The van der Waals surface area contributed by atoms with Gasteiger partial charge < -0.3 is 10.6 Å². The van der Waals surface area contributed by atoms with Crippen molar-refractivity contribution in [2.75, 3.05) is 20.1 Å². The molecule has 0 radical (unpaired) electrons. The lowest BCUT2D eigenvalue weighted by atomic mass is 9.98. The zero-order chi connectivity index (χ0) is 16.2. The first-order valence-electron chi connectivity index (χ1n) is 8.95. The van der Waals surface area contributed by atoms with E-state index in [0.717, 1.165) is 12.5 Å². The second-order valence-corrected chi connectivity index (χ2v) is 7.30. The first-order valence-corrected chi connectivity index (χ1v) is 8.95. The highest BCUT2D eigenvalue weighted by Gasteiger charge is 2.27. The van der Waals surface area contributed by atoms with Crippen LogP contribution in [0.3, 0.4) is 0 Å². The van der Waals surface area contributed by atoms with Crippen LogP contribution < -0.4 is 5.73 Å². The maximum Gasteiger partial charge on any atom is 0.191 e. The van der Waals surface area contributed by atoms with Crippen LogP contribution in [0.2, 0.25) is 0 Å². The van der Waals surface area contributed by atoms with Crippen LogP contribution in [-0.2, 0) is 13.1 Å². The number of hydrogen-bond acceptors (Lipinski definition) is 2. The van der Waals surface area contributed by atoms with Gasteiger partial charge in [0.2, 0.25) is 0 Å². The van der Waals surface area contributed by atoms with Crippen LogP contribution in [0, 0.1) is 5.92 Å². The average Bonchev–Trinajstić information content (AvgIpc) is 3.39. The van der Waals surface area contributed by atoms with Crippen molar-refractivity contribution >= 4 is 5.96 Å². The number of benzene rings is 1. The van der Waals surface area contributed by atoms with E-state index in [1.165, 1.54) is 49.9 Å². The predicted octanol–water partition coefficient (Wildman–Crippen LogP) is 2.83. The van der Waals surface area contributed by atoms with Crippen LogP contribution >= 0.6 is 0 Å². The van der Waals surface area contributed by atoms with Crippen molar-refractivity contribution < 1.29 is 0 Å². The molecule has 1 aromatic rings. The zero-order valence-corrected chi connectivity index (χ0v) is 14.5. The molecule has 1 aliphatic carbocycles. The molecule has 1 saturated heterocycles. The smallest absolute Gasteiger partial charge is 0.191 e. The number of aliphatic imine (C=N–C) groups is 1. The Morgan fingerprint density at radius 3 is 2.61 bits per heavy atom. The van der Waals surface area contributed by atoms with Crippen molar-refractivity contribution in [1.29, 1.82) is 0 Å². The maximum absolute atomic E-state index is 6.07. The van der Waals surface area contributed by atoms with Gasteiger partial charge in [-0.3, -0.25) is 4.90 Å². The number of rotatable bonds is 5. The molecule has 0 unspecified atom stereocenters. The molecular formula is C19H30N4. The Morgan fingerprint density at radius 1 is 1.22 bits per heavy atom. The van der Waals surface area contributed by atoms with Crippen LogP contribution in [0.5, 0.6) is 0 Å². The summed E-state index contributed by atoms with van der Waals surface area (Å²) in [5.74, 6) is 1.56. The molecule has 0 bridgehead atoms. The SMILES string of the molecule is CC1CCN(Cc2cccc(CN=C(N)N(C)C3CC3)c2)CC1. The number of nitrogens with zero attached hydrogens (tertiary/aromatic N) is 3. The van der Waals surface area contributed by atoms with Gasteiger partial charge in [-0.25, -0.2) is 4.99 Å². The van der Waals surface area contributed by atoms with Crippen LogP contribution in [0.25, 0.3) is 0 Å². The molecule has 1 aliphatic heterocycles. The summed E-state index contributed by atoms with van der Waals surface area (Å²) in [4.78, 5) is 9.24. The summed E-state index contributed by atoms with van der Waals surface area (Å²) in [7, 11) is 2.05. The van der Waals surface area contributed by atoms with Gasteiger partial charge in [-0.15, -0.1) is 0 Å². The fraction of sp³-hybridized carbons (Fsp3) is 0.632. The first kappa shape index (κ1) is 16.3. The number of nitrogens with two attached hydrogens (primary N) is 1. The van der Waals surface area contributed by atoms with Crippen LogP contribution in [0.15, 0.2) is 29.3 Å². The van der Waals surface area contributed by atoms with Gasteiger partial charge in [0.25, 0.3) is 0 Å². The van der Waals surface area contributed by atoms with Crippen molar-refractivity contribution in [2.24, 2.45) is 16.6 Å². The van der Waals surface area contributed by atoms with Crippen molar-refractivity contribution in [3.05, 3.63) is 35.4 Å². The van der Waals surface area contributed by atoms with Crippen LogP contribution in [0.1, 0.15) is 43.7 Å². The van der Waals surface area contributed by atoms with Gasteiger partial charge in [0.05, 0.1) is 6.54 Å². The maximum atomic E-state index is 6.07. The van der Waals surface area contributed by atoms with E-state index in [1.54, 1.807) is 0 Å². The zero-order valence-electron chi connectivity index (χ0n) is 14.5. The molecule has 0 aromatic heterocycles. The average molecular weight is 314 g/mol. The normalized spacial score (nSPS) is 20.7. The molecular weight excluding hydrogens is 284 g/mol. The summed E-state index contributed by atoms with van der Waals surface area (Å²) in [6, 6.07) is 9.42. The van der Waals surface area contributed by atoms with E-state index in [9.17, 15) is 0 Å². The van der Waals surface area contributed by atoms with E-state index >= 15 is 0 Å². The third-order valence-electron chi connectivity index (χ3n) is 5.15. The van der Waals surface area contributed by atoms with E-state index < -0.39 is 0 Å². The number of guanidine groups is 1. The minimum absolute atomic E-state index is 0.617. The lowest BCUT2D eigenvalue weighted by molar-refractivity contribution is 0.185. The molecule has 23 heavy (non-hydrogen) atoms. The Bertz CT molecular complexity index is 542. The topological polar surface area (TPSA) is 44.9 Å². The summed E-state index contributed by atoms with van der Waals surface area (Å²) in [5, 5.41) is 0. The minimum Gasteiger partial charge on any atom is -0.370 e. The lowest BCUT2D eigenvalue weighted by Gasteiger charge is -2.30. The molecule has 1 aromatic carbocycles. The van der Waals surface area contributed by atoms with Gasteiger partial charge >= 0.3 is 0 Å². The second kappa shape index (κ2) is 7.35. The fourth-order valence-corrected chi connectivity index (χ4v) is 3.24. The first-order chi connectivity index (χ1) is 11.1. The third-order valence-corrected chi connectivity index (χ3v) is 5.15. The highest BCUT2D eigenvalue weighted by molar-refractivity contribution is 5.78. The van der Waals surface area contributed by atoms with Gasteiger partial charge in [0.15, 0.2) is 5.96 Å². The highest BCUT2D eigenvalue weighted by Crippen LogP contribution is 2.25. The molecule has 2 N–H and O–H groups in total. The fourth-order valence-electron chi connectivity index (χ4n) is 3.24. The monoisotopic (exact) mass is 314 g/mol. The second-order valence-electron chi connectivity index (χ2n) is 7.30. The largest absolute Gasteiger partial charge is 0.370 e. The molecule has 0 amide bonds. The van der Waals surface area contributed by atoms with Gasteiger partial charge in [-0.1, -0.05) is 31.2 Å². The molecule has 3 rings (SSSR count). The van der Waals surface area contributed by atoms with Crippen molar-refractivity contribution in [3.63, 3.8) is 0 Å². The van der Waals surface area contributed by atoms with Crippen LogP contribution in [-0.4, -0.2) is 41.9 Å². The van der Waals surface area contributed by atoms with E-state index in [2.05, 4.69) is 46.0 Å². The number of likely N-dealkylation sites (tertiary alicyclic amines) is 1. The molecule has 1 heterocycles. The predicted molar refractivity (Wildman–Crippen MR) is 96.2 cm³/mol. The quantitative estimate of drug-likeness (QED) is 0.671. The Hall–Kier alpha value is -1.55. The Balaban J connectivity index is 1.55. The van der Waals surface area contributed by atoms with Crippen molar-refractivity contribution in [1.82, 2.24) is 9.80 Å². The molecule has 0 atom stereocenters. The summed E-state index contributed by atoms with van der Waals surface area (Å²) in [5.41, 5.74) is 8.71. The Kier molecular flexibility index (Phi) is 5.21. The summed E-state index contributed by atoms with van der Waals surface area (Å²) < 4.78 is 0. The molecule has 1 saturated carbocycles. The molecule has 0 spiro atoms. The van der Waals surface area contributed by atoms with Crippen molar-refractivity contribution in [2.45, 2.75) is 51.7 Å². The standard InChI is InChI=1S/C19H30N4/c1-15-8-10-23(11-9-15)14-17-5-3-4-16(12-17)13-21-19(20)22(2)18-6-7-18/h3-5,12,15,18H,6-11,13-14H2,1-2H3,(H2,20,21). The van der Waals surface area contributed by atoms with Gasteiger partial charge in [-0.2, -0.15) is 0 Å². The highest BCUT2D eigenvalue weighted by atomic mass is 15.3. The van der Waals surface area contributed by atoms with Gasteiger partial charge in [0.1, 0.15) is 0 Å². The number of hydrogen-bond donors (Lipinski definition) is 1. The molecule has 4 nitrogen and oxygen atoms in total. The molecule has 4 heteroatoms. The summed E-state index contributed by atoms with van der Waals surface area (Å²) in [6.45, 7) is 6.54. The summed E-state index contributed by atoms with van der Waals surface area (Å²) >= 11 is 0. The Morgan fingerprint density at radius 2 is 1.91 bits per heavy atom. The lowest BCUT2D eigenvalue weighted by Crippen LogP contribution is -2.35. The Labute approximate surface area is 140 Å². The molecule has 2 aliphatic rings. The van der Waals surface area contributed by atoms with Gasteiger partial charge in [-0.05, 0) is 55.8 Å². The number of piperidine rings is 1. The summed E-state index contributed by atoms with van der Waals surface area (Å²) in [6.07, 6.45) is 5.15. The van der Waals surface area contributed by atoms with E-state index in [1.807, 2.05) is 7.05 Å². The molecule has 126 valence electrons.